The maximum atomic E-state index is 13.4. The van der Waals surface area contributed by atoms with Crippen LogP contribution in [0.3, 0.4) is 0 Å². The molecule has 0 aliphatic heterocycles. The van der Waals surface area contributed by atoms with Crippen LogP contribution in [0, 0.1) is 0 Å². The number of fused-ring (bicyclic) bond motifs is 2. The summed E-state index contributed by atoms with van der Waals surface area (Å²) in [4.78, 5) is 31.3. The van der Waals surface area contributed by atoms with Gasteiger partial charge >= 0.3 is 0 Å². The first-order valence-corrected chi connectivity index (χ1v) is 14.7. The van der Waals surface area contributed by atoms with Crippen molar-refractivity contribution >= 4 is 44.1 Å². The maximum Gasteiger partial charge on any atom is 0.279 e. The molecule has 6 aromatic rings. The molecule has 2 aromatic heterocycles. The number of anilines is 2. The lowest BCUT2D eigenvalue weighted by Crippen LogP contribution is -2.12. The molecule has 0 saturated carbocycles. The molecule has 2 amide bonds. The highest BCUT2D eigenvalue weighted by Crippen LogP contribution is 2.37. The van der Waals surface area contributed by atoms with E-state index in [2.05, 4.69) is 32.9 Å². The van der Waals surface area contributed by atoms with Crippen LogP contribution in [-0.4, -0.2) is 22.0 Å². The van der Waals surface area contributed by atoms with Crippen LogP contribution in [0.1, 0.15) is 44.8 Å². The maximum absolute atomic E-state index is 13.4. The summed E-state index contributed by atoms with van der Waals surface area (Å²) in [6.45, 7) is 0. The minimum Gasteiger partial charge on any atom is -0.355 e. The standard InChI is InChI=1S/C34H26N4O3S/c39-31(27-16-8-14-22-10-6-7-15-26(22)27)36-33-30(23-11-2-1-3-12-23)35-34(42-33)37-32(40)28-20-29(41-38-28)25-18-17-21-9-4-5-13-24(21)19-25/h1-3,6-8,10-12,14-20H,4-5,9,13H2,(H,36,39)(H,35,37,40). The number of amides is 2. The van der Waals surface area contributed by atoms with Gasteiger partial charge in [0.1, 0.15) is 10.7 Å². The Morgan fingerprint density at radius 3 is 2.40 bits per heavy atom. The van der Waals surface area contributed by atoms with Crippen molar-refractivity contribution in [3.05, 3.63) is 119 Å². The summed E-state index contributed by atoms with van der Waals surface area (Å²) in [5.74, 6) is -0.152. The predicted octanol–water partition coefficient (Wildman–Crippen LogP) is 8.00. The summed E-state index contributed by atoms with van der Waals surface area (Å²) in [6.07, 6.45) is 4.56. The molecule has 1 aliphatic rings. The van der Waals surface area contributed by atoms with Crippen molar-refractivity contribution in [3.63, 3.8) is 0 Å². The molecular formula is C34H26N4O3S. The number of hydrogen-bond acceptors (Lipinski definition) is 6. The second-order valence-electron chi connectivity index (χ2n) is 10.3. The number of rotatable bonds is 6. The van der Waals surface area contributed by atoms with Gasteiger partial charge in [-0.05, 0) is 59.7 Å². The first-order chi connectivity index (χ1) is 20.6. The average molecular weight is 571 g/mol. The van der Waals surface area contributed by atoms with E-state index in [9.17, 15) is 9.59 Å². The fourth-order valence-electron chi connectivity index (χ4n) is 5.41. The van der Waals surface area contributed by atoms with Gasteiger partial charge in [0.15, 0.2) is 16.6 Å². The first-order valence-electron chi connectivity index (χ1n) is 13.9. The second kappa shape index (κ2) is 11.1. The van der Waals surface area contributed by atoms with Crippen molar-refractivity contribution in [1.29, 1.82) is 0 Å². The van der Waals surface area contributed by atoms with E-state index < -0.39 is 5.91 Å². The molecule has 0 saturated heterocycles. The lowest BCUT2D eigenvalue weighted by molar-refractivity contribution is 0.101. The lowest BCUT2D eigenvalue weighted by Gasteiger charge is -2.15. The van der Waals surface area contributed by atoms with E-state index in [1.807, 2.05) is 72.8 Å². The van der Waals surface area contributed by atoms with Crippen LogP contribution in [0.5, 0.6) is 0 Å². The zero-order chi connectivity index (χ0) is 28.5. The number of thiazole rings is 1. The molecule has 0 radical (unpaired) electrons. The number of aromatic nitrogens is 2. The Morgan fingerprint density at radius 2 is 1.52 bits per heavy atom. The summed E-state index contributed by atoms with van der Waals surface area (Å²) in [6, 6.07) is 30.9. The Bertz CT molecular complexity index is 1940. The van der Waals surface area contributed by atoms with Crippen molar-refractivity contribution in [2.45, 2.75) is 25.7 Å². The van der Waals surface area contributed by atoms with Crippen LogP contribution in [0.25, 0.3) is 33.4 Å². The van der Waals surface area contributed by atoms with Gasteiger partial charge in [-0.25, -0.2) is 4.98 Å². The third-order valence-corrected chi connectivity index (χ3v) is 8.42. The highest BCUT2D eigenvalue weighted by Gasteiger charge is 2.21. The van der Waals surface area contributed by atoms with Crippen molar-refractivity contribution in [3.8, 4) is 22.6 Å². The lowest BCUT2D eigenvalue weighted by atomic mass is 9.90. The monoisotopic (exact) mass is 570 g/mol. The van der Waals surface area contributed by atoms with E-state index >= 15 is 0 Å². The molecule has 7 rings (SSSR count). The van der Waals surface area contributed by atoms with Crippen molar-refractivity contribution < 1.29 is 14.1 Å². The molecule has 42 heavy (non-hydrogen) atoms. The van der Waals surface area contributed by atoms with Crippen LogP contribution < -0.4 is 10.6 Å². The predicted molar refractivity (Wildman–Crippen MR) is 166 cm³/mol. The summed E-state index contributed by atoms with van der Waals surface area (Å²) in [5, 5.41) is 12.6. The molecule has 0 bridgehead atoms. The van der Waals surface area contributed by atoms with Crippen molar-refractivity contribution in [1.82, 2.24) is 10.1 Å². The SMILES string of the molecule is O=C(Nc1nc(-c2ccccc2)c(NC(=O)c2cccc3ccccc23)s1)c1cc(-c2ccc3c(c2)CCCC3)on1. The van der Waals surface area contributed by atoms with E-state index in [1.54, 1.807) is 12.1 Å². The minimum atomic E-state index is -0.441. The second-order valence-corrected chi connectivity index (χ2v) is 11.3. The van der Waals surface area contributed by atoms with Gasteiger partial charge in [0.05, 0.1) is 0 Å². The van der Waals surface area contributed by atoms with Crippen LogP contribution in [0.15, 0.2) is 102 Å². The smallest absolute Gasteiger partial charge is 0.279 e. The normalized spacial score (nSPS) is 12.6. The molecule has 0 fully saturated rings. The number of benzene rings is 4. The van der Waals surface area contributed by atoms with Crippen molar-refractivity contribution in [2.75, 3.05) is 10.6 Å². The summed E-state index contributed by atoms with van der Waals surface area (Å²) < 4.78 is 5.55. The van der Waals surface area contributed by atoms with E-state index in [1.165, 1.54) is 35.3 Å². The van der Waals surface area contributed by atoms with Gasteiger partial charge in [-0.1, -0.05) is 95.4 Å². The zero-order valence-electron chi connectivity index (χ0n) is 22.6. The zero-order valence-corrected chi connectivity index (χ0v) is 23.4. The number of hydrogen-bond donors (Lipinski definition) is 2. The minimum absolute atomic E-state index is 0.153. The Labute approximate surface area is 246 Å². The summed E-state index contributed by atoms with van der Waals surface area (Å²) >= 11 is 1.19. The third kappa shape index (κ3) is 5.08. The molecule has 1 aliphatic carbocycles. The molecule has 0 spiro atoms. The Hall–Kier alpha value is -5.08. The summed E-state index contributed by atoms with van der Waals surface area (Å²) in [5.41, 5.74) is 5.71. The van der Waals surface area contributed by atoms with E-state index in [0.29, 0.717) is 27.2 Å². The van der Waals surface area contributed by atoms with E-state index in [4.69, 9.17) is 4.52 Å². The fourth-order valence-corrected chi connectivity index (χ4v) is 6.29. The van der Waals surface area contributed by atoms with E-state index in [-0.39, 0.29) is 11.6 Å². The molecule has 0 atom stereocenters. The number of carbonyl (C=O) groups is 2. The fraction of sp³-hybridized carbons (Fsp3) is 0.118. The highest BCUT2D eigenvalue weighted by atomic mass is 32.1. The number of aryl methyl sites for hydroxylation is 2. The quantitative estimate of drug-likeness (QED) is 0.211. The van der Waals surface area contributed by atoms with Gasteiger partial charge in [0.25, 0.3) is 11.8 Å². The topological polar surface area (TPSA) is 97.1 Å². The number of carbonyl (C=O) groups excluding carboxylic acids is 2. The molecule has 7 nitrogen and oxygen atoms in total. The Balaban J connectivity index is 1.15. The summed E-state index contributed by atoms with van der Waals surface area (Å²) in [7, 11) is 0. The number of nitrogens with zero attached hydrogens (tertiary/aromatic N) is 2. The number of nitrogens with one attached hydrogen (secondary N) is 2. The molecule has 4 aromatic carbocycles. The molecular weight excluding hydrogens is 544 g/mol. The molecule has 2 N–H and O–H groups in total. The van der Waals surface area contributed by atoms with Gasteiger partial charge in [0, 0.05) is 22.8 Å². The van der Waals surface area contributed by atoms with Gasteiger partial charge < -0.3 is 9.84 Å². The average Bonchev–Trinajstić information content (AvgIpc) is 3.69. The first kappa shape index (κ1) is 25.9. The van der Waals surface area contributed by atoms with Gasteiger partial charge in [-0.15, -0.1) is 0 Å². The highest BCUT2D eigenvalue weighted by molar-refractivity contribution is 7.20. The Morgan fingerprint density at radius 1 is 0.738 bits per heavy atom. The van der Waals surface area contributed by atoms with Crippen LogP contribution in [0.4, 0.5) is 10.1 Å². The molecule has 2 heterocycles. The largest absolute Gasteiger partial charge is 0.355 e. The van der Waals surface area contributed by atoms with Gasteiger partial charge in [-0.2, -0.15) is 0 Å². The van der Waals surface area contributed by atoms with Gasteiger partial charge in [0.2, 0.25) is 0 Å². The molecule has 8 heteroatoms. The molecule has 0 unspecified atom stereocenters. The van der Waals surface area contributed by atoms with Gasteiger partial charge in [-0.3, -0.25) is 14.9 Å². The van der Waals surface area contributed by atoms with E-state index in [0.717, 1.165) is 34.7 Å². The Kier molecular flexibility index (Phi) is 6.81. The third-order valence-electron chi connectivity index (χ3n) is 7.53. The van der Waals surface area contributed by atoms with Crippen LogP contribution in [-0.2, 0) is 12.8 Å². The van der Waals surface area contributed by atoms with Crippen molar-refractivity contribution in [2.24, 2.45) is 0 Å². The van der Waals surface area contributed by atoms with Crippen LogP contribution >= 0.6 is 11.3 Å². The van der Waals surface area contributed by atoms with Crippen LogP contribution in [0.2, 0.25) is 0 Å². The molecule has 206 valence electrons.